The summed E-state index contributed by atoms with van der Waals surface area (Å²) in [7, 11) is 0. The number of aryl methyl sites for hydroxylation is 2. The first-order valence-corrected chi connectivity index (χ1v) is 5.65. The van der Waals surface area contributed by atoms with E-state index in [4.69, 9.17) is 16.2 Å². The second-order valence-corrected chi connectivity index (χ2v) is 4.48. The van der Waals surface area contributed by atoms with E-state index < -0.39 is 11.9 Å². The van der Waals surface area contributed by atoms with Gasteiger partial charge in [-0.1, -0.05) is 15.9 Å². The van der Waals surface area contributed by atoms with Crippen LogP contribution < -0.4 is 16.2 Å². The van der Waals surface area contributed by atoms with Crippen LogP contribution in [0, 0.1) is 13.8 Å². The number of benzene rings is 1. The van der Waals surface area contributed by atoms with Crippen LogP contribution >= 0.6 is 15.9 Å². The molecular weight excluding hydrogens is 272 g/mol. The van der Waals surface area contributed by atoms with Gasteiger partial charge < -0.3 is 16.2 Å². The molecule has 1 rings (SSSR count). The fourth-order valence-corrected chi connectivity index (χ4v) is 1.49. The summed E-state index contributed by atoms with van der Waals surface area (Å²) in [5, 5.41) is 0. The first kappa shape index (κ1) is 13.0. The fraction of sp³-hybridized carbons (Fsp3) is 0.364. The van der Waals surface area contributed by atoms with Crippen molar-refractivity contribution in [2.75, 3.05) is 6.61 Å². The lowest BCUT2D eigenvalue weighted by Gasteiger charge is -2.12. The summed E-state index contributed by atoms with van der Waals surface area (Å²) in [6.07, 6.45) is 0. The summed E-state index contributed by atoms with van der Waals surface area (Å²) in [6, 6.07) is 2.99. The number of carbonyl (C=O) groups excluding carboxylic acids is 1. The summed E-state index contributed by atoms with van der Waals surface area (Å²) in [4.78, 5) is 10.7. The molecule has 0 heterocycles. The molecule has 4 nitrogen and oxygen atoms in total. The number of amides is 1. The van der Waals surface area contributed by atoms with Crippen LogP contribution in [0.1, 0.15) is 11.1 Å². The van der Waals surface area contributed by atoms with Crippen molar-refractivity contribution >= 4 is 21.8 Å². The van der Waals surface area contributed by atoms with E-state index in [-0.39, 0.29) is 6.61 Å². The van der Waals surface area contributed by atoms with E-state index in [9.17, 15) is 4.79 Å². The predicted octanol–water partition coefficient (Wildman–Crippen LogP) is 1.26. The number of ether oxygens (including phenoxy) is 1. The average Bonchev–Trinajstić information content (AvgIpc) is 2.22. The Hall–Kier alpha value is -1.07. The lowest BCUT2D eigenvalue weighted by molar-refractivity contribution is -0.119. The zero-order chi connectivity index (χ0) is 12.3. The molecule has 0 fully saturated rings. The van der Waals surface area contributed by atoms with Gasteiger partial charge in [0.15, 0.2) is 0 Å². The standard InChI is InChI=1S/C11H15BrN2O2/c1-6-3-8(4-7(2)10(6)12)16-5-9(13)11(14)15/h3-4,9H,5,13H2,1-2H3,(H2,14,15). The van der Waals surface area contributed by atoms with Gasteiger partial charge in [-0.3, -0.25) is 4.79 Å². The Morgan fingerprint density at radius 3 is 2.38 bits per heavy atom. The SMILES string of the molecule is Cc1cc(OCC(N)C(N)=O)cc(C)c1Br. The van der Waals surface area contributed by atoms with E-state index in [0.717, 1.165) is 15.6 Å². The molecule has 1 unspecified atom stereocenters. The summed E-state index contributed by atoms with van der Waals surface area (Å²) >= 11 is 3.46. The van der Waals surface area contributed by atoms with Gasteiger partial charge >= 0.3 is 0 Å². The molecule has 0 spiro atoms. The Balaban J connectivity index is 2.72. The molecule has 88 valence electrons. The normalized spacial score (nSPS) is 12.2. The minimum absolute atomic E-state index is 0.0931. The molecule has 1 amide bonds. The minimum atomic E-state index is -0.774. The van der Waals surface area contributed by atoms with Crippen molar-refractivity contribution in [3.63, 3.8) is 0 Å². The molecule has 4 N–H and O–H groups in total. The summed E-state index contributed by atoms with van der Waals surface area (Å²) < 4.78 is 6.45. The predicted molar refractivity (Wildman–Crippen MR) is 66.3 cm³/mol. The molecule has 0 saturated heterocycles. The van der Waals surface area contributed by atoms with Crippen LogP contribution in [0.5, 0.6) is 5.75 Å². The first-order chi connectivity index (χ1) is 7.41. The minimum Gasteiger partial charge on any atom is -0.491 e. The second-order valence-electron chi connectivity index (χ2n) is 3.69. The van der Waals surface area contributed by atoms with E-state index in [1.807, 2.05) is 26.0 Å². The van der Waals surface area contributed by atoms with Crippen molar-refractivity contribution in [3.05, 3.63) is 27.7 Å². The van der Waals surface area contributed by atoms with Crippen LogP contribution in [0.15, 0.2) is 16.6 Å². The molecule has 0 aliphatic rings. The van der Waals surface area contributed by atoms with Crippen molar-refractivity contribution in [1.82, 2.24) is 0 Å². The van der Waals surface area contributed by atoms with Gasteiger partial charge in [0.05, 0.1) is 0 Å². The Bertz CT molecular complexity index is 384. The topological polar surface area (TPSA) is 78.3 Å². The van der Waals surface area contributed by atoms with Gasteiger partial charge in [-0.25, -0.2) is 0 Å². The highest BCUT2D eigenvalue weighted by Gasteiger charge is 2.10. The number of carbonyl (C=O) groups is 1. The molecule has 0 aliphatic carbocycles. The lowest BCUT2D eigenvalue weighted by Crippen LogP contribution is -2.41. The van der Waals surface area contributed by atoms with E-state index in [0.29, 0.717) is 5.75 Å². The van der Waals surface area contributed by atoms with Crippen LogP contribution in [0.25, 0.3) is 0 Å². The Labute approximate surface area is 103 Å². The Kier molecular flexibility index (Phi) is 4.32. The Morgan fingerprint density at radius 1 is 1.44 bits per heavy atom. The second kappa shape index (κ2) is 5.32. The molecule has 0 bridgehead atoms. The highest BCUT2D eigenvalue weighted by molar-refractivity contribution is 9.10. The maximum atomic E-state index is 10.7. The molecule has 16 heavy (non-hydrogen) atoms. The van der Waals surface area contributed by atoms with Gasteiger partial charge in [0, 0.05) is 4.47 Å². The third-order valence-electron chi connectivity index (χ3n) is 2.20. The van der Waals surface area contributed by atoms with Gasteiger partial charge in [0.2, 0.25) is 5.91 Å². The van der Waals surface area contributed by atoms with Crippen LogP contribution in [0.3, 0.4) is 0 Å². The summed E-state index contributed by atoms with van der Waals surface area (Å²) in [5.74, 6) is 0.125. The van der Waals surface area contributed by atoms with Gasteiger partial charge in [-0.05, 0) is 37.1 Å². The highest BCUT2D eigenvalue weighted by Crippen LogP contribution is 2.26. The van der Waals surface area contributed by atoms with Crippen molar-refractivity contribution in [1.29, 1.82) is 0 Å². The number of halogens is 1. The van der Waals surface area contributed by atoms with Crippen LogP contribution in [-0.4, -0.2) is 18.6 Å². The maximum Gasteiger partial charge on any atom is 0.237 e. The highest BCUT2D eigenvalue weighted by atomic mass is 79.9. The van der Waals surface area contributed by atoms with Crippen LogP contribution in [-0.2, 0) is 4.79 Å². The van der Waals surface area contributed by atoms with Gasteiger partial charge in [-0.15, -0.1) is 0 Å². The molecule has 0 saturated carbocycles. The molecule has 0 aliphatic heterocycles. The lowest BCUT2D eigenvalue weighted by atomic mass is 10.1. The number of hydrogen-bond acceptors (Lipinski definition) is 3. The maximum absolute atomic E-state index is 10.7. The van der Waals surface area contributed by atoms with Gasteiger partial charge in [0.1, 0.15) is 18.4 Å². The molecule has 0 radical (unpaired) electrons. The molecule has 1 aromatic carbocycles. The third-order valence-corrected chi connectivity index (χ3v) is 3.46. The van der Waals surface area contributed by atoms with E-state index >= 15 is 0 Å². The molecule has 5 heteroatoms. The van der Waals surface area contributed by atoms with Gasteiger partial charge in [0.25, 0.3) is 0 Å². The average molecular weight is 287 g/mol. The van der Waals surface area contributed by atoms with E-state index in [1.165, 1.54) is 0 Å². The summed E-state index contributed by atoms with van der Waals surface area (Å²) in [5.41, 5.74) is 12.6. The number of hydrogen-bond donors (Lipinski definition) is 2. The largest absolute Gasteiger partial charge is 0.491 e. The van der Waals surface area contributed by atoms with Crippen molar-refractivity contribution in [3.8, 4) is 5.75 Å². The Morgan fingerprint density at radius 2 is 1.94 bits per heavy atom. The number of rotatable bonds is 4. The molecule has 0 aromatic heterocycles. The number of nitrogens with two attached hydrogens (primary N) is 2. The smallest absolute Gasteiger partial charge is 0.237 e. The quantitative estimate of drug-likeness (QED) is 0.875. The summed E-state index contributed by atoms with van der Waals surface area (Å²) in [6.45, 7) is 4.03. The first-order valence-electron chi connectivity index (χ1n) is 4.86. The van der Waals surface area contributed by atoms with Crippen LogP contribution in [0.4, 0.5) is 0 Å². The van der Waals surface area contributed by atoms with Crippen molar-refractivity contribution < 1.29 is 9.53 Å². The fourth-order valence-electron chi connectivity index (χ4n) is 1.26. The third kappa shape index (κ3) is 3.21. The van der Waals surface area contributed by atoms with Crippen molar-refractivity contribution in [2.45, 2.75) is 19.9 Å². The zero-order valence-electron chi connectivity index (χ0n) is 9.29. The van der Waals surface area contributed by atoms with Crippen molar-refractivity contribution in [2.24, 2.45) is 11.5 Å². The number of primary amides is 1. The van der Waals surface area contributed by atoms with E-state index in [1.54, 1.807) is 0 Å². The zero-order valence-corrected chi connectivity index (χ0v) is 10.9. The molecular formula is C11H15BrN2O2. The molecule has 1 atom stereocenters. The van der Waals surface area contributed by atoms with Crippen LogP contribution in [0.2, 0.25) is 0 Å². The molecule has 1 aromatic rings. The van der Waals surface area contributed by atoms with Gasteiger partial charge in [-0.2, -0.15) is 0 Å². The van der Waals surface area contributed by atoms with E-state index in [2.05, 4.69) is 15.9 Å². The monoisotopic (exact) mass is 286 g/mol.